The van der Waals surface area contributed by atoms with Gasteiger partial charge in [0.2, 0.25) is 5.91 Å². The Balaban J connectivity index is 1.10. The maximum atomic E-state index is 13.8. The van der Waals surface area contributed by atoms with Gasteiger partial charge in [0.05, 0.1) is 12.6 Å². The van der Waals surface area contributed by atoms with Crippen LogP contribution in [0, 0.1) is 5.82 Å². The summed E-state index contributed by atoms with van der Waals surface area (Å²) in [6.07, 6.45) is 7.48. The molecular weight excluding hydrogens is 644 g/mol. The molecule has 2 aliphatic heterocycles. The molecule has 1 amide bonds. The van der Waals surface area contributed by atoms with Gasteiger partial charge in [-0.15, -0.1) is 0 Å². The van der Waals surface area contributed by atoms with Gasteiger partial charge in [-0.25, -0.2) is 4.39 Å². The zero-order valence-corrected chi connectivity index (χ0v) is 29.5. The number of halogens is 3. The number of aromatic nitrogens is 1. The quantitative estimate of drug-likeness (QED) is 0.148. The van der Waals surface area contributed by atoms with Crippen molar-refractivity contribution >= 4 is 51.9 Å². The molecule has 0 bridgehead atoms. The van der Waals surface area contributed by atoms with E-state index in [1.165, 1.54) is 17.6 Å². The van der Waals surface area contributed by atoms with Crippen LogP contribution < -0.4 is 0 Å². The predicted octanol–water partition coefficient (Wildman–Crippen LogP) is 8.97. The highest BCUT2D eigenvalue weighted by atomic mass is 35.5. The number of benzene rings is 3. The van der Waals surface area contributed by atoms with E-state index in [9.17, 15) is 9.18 Å². The van der Waals surface area contributed by atoms with Gasteiger partial charge in [-0.1, -0.05) is 65.7 Å². The van der Waals surface area contributed by atoms with Crippen molar-refractivity contribution in [1.82, 2.24) is 19.3 Å². The lowest BCUT2D eigenvalue weighted by atomic mass is 10.0. The van der Waals surface area contributed by atoms with Crippen molar-refractivity contribution in [2.24, 2.45) is 4.99 Å². The molecule has 6 rings (SSSR count). The first-order chi connectivity index (χ1) is 23.2. The fourth-order valence-corrected chi connectivity index (χ4v) is 7.52. The molecule has 0 radical (unpaired) electrons. The largest absolute Gasteiger partial charge is 0.338 e. The van der Waals surface area contributed by atoms with E-state index in [1.807, 2.05) is 29.2 Å². The van der Waals surface area contributed by atoms with E-state index < -0.39 is 0 Å². The first-order valence-corrected chi connectivity index (χ1v) is 17.7. The summed E-state index contributed by atoms with van der Waals surface area (Å²) in [5.74, 6) is 0.786. The number of carbonyl (C=O) groups excluding carboxylic acids is 1. The maximum absolute atomic E-state index is 13.8. The average Bonchev–Trinajstić information content (AvgIpc) is 3.68. The van der Waals surface area contributed by atoms with Crippen LogP contribution in [-0.4, -0.2) is 76.8 Å². The summed E-state index contributed by atoms with van der Waals surface area (Å²) >= 11 is 12.7. The zero-order chi connectivity index (χ0) is 33.8. The van der Waals surface area contributed by atoms with Crippen LogP contribution in [-0.2, 0) is 11.3 Å². The maximum Gasteiger partial charge on any atom is 0.227 e. The molecule has 0 saturated carbocycles. The molecule has 1 saturated heterocycles. The molecule has 1 unspecified atom stereocenters. The fourth-order valence-electron chi connectivity index (χ4n) is 7.05. The van der Waals surface area contributed by atoms with Crippen LogP contribution >= 0.6 is 23.2 Å². The normalized spacial score (nSPS) is 17.7. The fraction of sp³-hybridized carbons (Fsp3) is 0.385. The monoisotopic (exact) mass is 687 g/mol. The van der Waals surface area contributed by atoms with Crippen LogP contribution in [0.25, 0.3) is 28.1 Å². The first kappa shape index (κ1) is 34.4. The van der Waals surface area contributed by atoms with E-state index in [1.54, 1.807) is 6.07 Å². The van der Waals surface area contributed by atoms with Crippen LogP contribution in [0.5, 0.6) is 0 Å². The Kier molecular flexibility index (Phi) is 11.0. The van der Waals surface area contributed by atoms with Crippen LogP contribution in [0.1, 0.15) is 56.8 Å². The van der Waals surface area contributed by atoms with E-state index in [-0.39, 0.29) is 23.8 Å². The van der Waals surface area contributed by atoms with Crippen molar-refractivity contribution in [3.8, 4) is 11.1 Å². The highest BCUT2D eigenvalue weighted by molar-refractivity contribution is 6.35. The number of aliphatic imine (C=N–C) groups is 1. The van der Waals surface area contributed by atoms with E-state index in [0.29, 0.717) is 36.1 Å². The molecule has 1 atom stereocenters. The molecule has 252 valence electrons. The predicted molar refractivity (Wildman–Crippen MR) is 197 cm³/mol. The van der Waals surface area contributed by atoms with Crippen molar-refractivity contribution in [2.45, 2.75) is 58.2 Å². The third-order valence-corrected chi connectivity index (χ3v) is 10.0. The Labute approximate surface area is 293 Å². The number of nitrogens with zero attached hydrogens (tertiary/aromatic N) is 5. The van der Waals surface area contributed by atoms with E-state index in [4.69, 9.17) is 28.2 Å². The zero-order valence-electron chi connectivity index (χ0n) is 28.0. The highest BCUT2D eigenvalue weighted by Crippen LogP contribution is 2.38. The highest BCUT2D eigenvalue weighted by Gasteiger charge is 2.36. The lowest BCUT2D eigenvalue weighted by Crippen LogP contribution is -2.58. The summed E-state index contributed by atoms with van der Waals surface area (Å²) in [4.78, 5) is 25.0. The second-order valence-electron chi connectivity index (χ2n) is 13.2. The molecule has 1 fully saturated rings. The number of likely N-dealkylation sites (N-methyl/N-ethyl adjacent to an activating group) is 1. The number of amides is 1. The molecule has 3 aromatic carbocycles. The molecule has 0 N–H and O–H groups in total. The Morgan fingerprint density at radius 2 is 1.81 bits per heavy atom. The van der Waals surface area contributed by atoms with Gasteiger partial charge in [0.15, 0.2) is 0 Å². The number of carbonyl (C=O) groups is 1. The Morgan fingerprint density at radius 1 is 1.02 bits per heavy atom. The SMILES string of the molecule is CC(C)n1c(/C=C/CCCCC(=O)N2CCN=C2C2CN(C)CCN2Cc2ccc(Cl)cc2Cl)c(-c2ccc(F)cc2)c2ccccc21. The molecule has 1 aromatic heterocycles. The summed E-state index contributed by atoms with van der Waals surface area (Å²) in [6.45, 7) is 8.96. The standard InChI is InChI=1S/C39H44Cl2FN5O/c1-27(2)47-34-11-9-8-10-32(34)38(28-15-18-31(42)19-16-28)35(47)12-6-4-5-7-13-37(48)46-21-20-43-39(46)36-26-44(3)22-23-45(36)25-29-14-17-30(40)24-33(29)41/h6,8-12,14-19,24,27,36H,4-5,7,13,20-23,25-26H2,1-3H3/b12-6+. The molecule has 0 aliphatic carbocycles. The number of unbranched alkanes of at least 4 members (excludes halogenated alkanes) is 2. The number of para-hydroxylation sites is 1. The topological polar surface area (TPSA) is 44.1 Å². The number of hydrogen-bond acceptors (Lipinski definition) is 4. The number of piperazine rings is 1. The van der Waals surface area contributed by atoms with Gasteiger partial charge < -0.3 is 9.47 Å². The van der Waals surface area contributed by atoms with Crippen molar-refractivity contribution in [3.05, 3.63) is 99.9 Å². The van der Waals surface area contributed by atoms with Gasteiger partial charge in [0, 0.05) is 77.4 Å². The number of amidine groups is 1. The van der Waals surface area contributed by atoms with Gasteiger partial charge in [0.1, 0.15) is 11.7 Å². The lowest BCUT2D eigenvalue weighted by Gasteiger charge is -2.41. The summed E-state index contributed by atoms with van der Waals surface area (Å²) in [7, 11) is 2.12. The molecule has 6 nitrogen and oxygen atoms in total. The number of hydrogen-bond donors (Lipinski definition) is 0. The van der Waals surface area contributed by atoms with Gasteiger partial charge in [-0.05, 0) is 87.7 Å². The van der Waals surface area contributed by atoms with Gasteiger partial charge in [0.25, 0.3) is 0 Å². The molecular formula is C39H44Cl2FN5O. The van der Waals surface area contributed by atoms with Crippen LogP contribution in [0.3, 0.4) is 0 Å². The minimum atomic E-state index is -0.239. The molecule has 4 aromatic rings. The first-order valence-electron chi connectivity index (χ1n) is 17.0. The third-order valence-electron chi connectivity index (χ3n) is 9.44. The molecule has 3 heterocycles. The summed E-state index contributed by atoms with van der Waals surface area (Å²) in [5, 5.41) is 2.44. The van der Waals surface area contributed by atoms with Gasteiger partial charge in [-0.2, -0.15) is 0 Å². The minimum Gasteiger partial charge on any atom is -0.338 e. The van der Waals surface area contributed by atoms with Gasteiger partial charge >= 0.3 is 0 Å². The lowest BCUT2D eigenvalue weighted by molar-refractivity contribution is -0.127. The summed E-state index contributed by atoms with van der Waals surface area (Å²) in [6, 6.07) is 21.1. The van der Waals surface area contributed by atoms with E-state index in [2.05, 4.69) is 71.7 Å². The van der Waals surface area contributed by atoms with Crippen molar-refractivity contribution in [3.63, 3.8) is 0 Å². The van der Waals surface area contributed by atoms with E-state index in [0.717, 1.165) is 72.5 Å². The van der Waals surface area contributed by atoms with Crippen LogP contribution in [0.4, 0.5) is 4.39 Å². The molecule has 2 aliphatic rings. The second kappa shape index (κ2) is 15.4. The second-order valence-corrected chi connectivity index (χ2v) is 14.0. The summed E-state index contributed by atoms with van der Waals surface area (Å²) in [5.41, 5.74) is 5.43. The number of rotatable bonds is 11. The molecule has 9 heteroatoms. The Bertz CT molecular complexity index is 1820. The van der Waals surface area contributed by atoms with E-state index >= 15 is 0 Å². The van der Waals surface area contributed by atoms with Crippen LogP contribution in [0.2, 0.25) is 10.0 Å². The molecule has 0 spiro atoms. The molecule has 48 heavy (non-hydrogen) atoms. The van der Waals surface area contributed by atoms with Gasteiger partial charge in [-0.3, -0.25) is 19.6 Å². The van der Waals surface area contributed by atoms with Crippen molar-refractivity contribution < 1.29 is 9.18 Å². The van der Waals surface area contributed by atoms with Crippen LogP contribution in [0.15, 0.2) is 77.8 Å². The smallest absolute Gasteiger partial charge is 0.227 e. The number of allylic oxidation sites excluding steroid dienone is 1. The number of fused-ring (bicyclic) bond motifs is 1. The minimum absolute atomic E-state index is 0.0212. The van der Waals surface area contributed by atoms with Crippen molar-refractivity contribution in [1.29, 1.82) is 0 Å². The van der Waals surface area contributed by atoms with Crippen molar-refractivity contribution in [2.75, 3.05) is 39.8 Å². The Hall–Kier alpha value is -3.49. The summed E-state index contributed by atoms with van der Waals surface area (Å²) < 4.78 is 16.2. The average molecular weight is 689 g/mol. The third kappa shape index (κ3) is 7.55. The Morgan fingerprint density at radius 3 is 2.58 bits per heavy atom.